The molecule has 0 aliphatic heterocycles. The molecule has 0 atom stereocenters. The number of alkyl halides is 6. The van der Waals surface area contributed by atoms with Gasteiger partial charge in [0.25, 0.3) is 5.60 Å². The predicted molar refractivity (Wildman–Crippen MR) is 65.8 cm³/mol. The summed E-state index contributed by atoms with van der Waals surface area (Å²) in [7, 11) is 0. The summed E-state index contributed by atoms with van der Waals surface area (Å²) in [6, 6.07) is 3.94. The lowest BCUT2D eigenvalue weighted by Crippen LogP contribution is -2.54. The van der Waals surface area contributed by atoms with E-state index in [2.05, 4.69) is 0 Å². The highest BCUT2D eigenvalue weighted by Crippen LogP contribution is 2.50. The van der Waals surface area contributed by atoms with Gasteiger partial charge in [0.1, 0.15) is 0 Å². The van der Waals surface area contributed by atoms with Crippen molar-refractivity contribution in [1.82, 2.24) is 0 Å². The summed E-state index contributed by atoms with van der Waals surface area (Å²) in [6.07, 6.45) is -11.2. The van der Waals surface area contributed by atoms with Crippen molar-refractivity contribution in [3.63, 3.8) is 0 Å². The maximum Gasteiger partial charge on any atom is 0.430 e. The van der Waals surface area contributed by atoms with Gasteiger partial charge in [-0.2, -0.15) is 26.3 Å². The SMILES string of the molecule is CCC(C)(C)c1cccc(C(O)(C(F)(F)F)C(F)(F)F)c1. The molecule has 0 saturated carbocycles. The van der Waals surface area contributed by atoms with Gasteiger partial charge in [-0.05, 0) is 17.4 Å². The predicted octanol–water partition coefficient (Wildman–Crippen LogP) is 4.69. The van der Waals surface area contributed by atoms with Crippen LogP contribution in [-0.2, 0) is 11.0 Å². The standard InChI is InChI=1S/C14H16F6O/c1-4-11(2,3)9-6-5-7-10(8-9)12(21,13(15,16)17)14(18,19)20/h5-8,21H,4H2,1-3H3. The van der Waals surface area contributed by atoms with Crippen LogP contribution < -0.4 is 0 Å². The van der Waals surface area contributed by atoms with E-state index >= 15 is 0 Å². The van der Waals surface area contributed by atoms with Gasteiger partial charge in [0.2, 0.25) is 0 Å². The highest BCUT2D eigenvalue weighted by Gasteiger charge is 2.71. The van der Waals surface area contributed by atoms with Crippen molar-refractivity contribution in [2.75, 3.05) is 0 Å². The van der Waals surface area contributed by atoms with Gasteiger partial charge in [0.05, 0.1) is 0 Å². The average Bonchev–Trinajstić information content (AvgIpc) is 2.35. The summed E-state index contributed by atoms with van der Waals surface area (Å²) in [5.74, 6) is 0. The molecular formula is C14H16F6O. The molecule has 21 heavy (non-hydrogen) atoms. The van der Waals surface area contributed by atoms with E-state index in [0.29, 0.717) is 18.1 Å². The van der Waals surface area contributed by atoms with Gasteiger partial charge < -0.3 is 5.11 Å². The van der Waals surface area contributed by atoms with E-state index in [-0.39, 0.29) is 0 Å². The van der Waals surface area contributed by atoms with Gasteiger partial charge in [-0.3, -0.25) is 0 Å². The Morgan fingerprint density at radius 1 is 0.905 bits per heavy atom. The number of aliphatic hydroxyl groups is 1. The lowest BCUT2D eigenvalue weighted by molar-refractivity contribution is -0.376. The van der Waals surface area contributed by atoms with Gasteiger partial charge in [0, 0.05) is 5.56 Å². The molecule has 0 unspecified atom stereocenters. The maximum absolute atomic E-state index is 12.8. The monoisotopic (exact) mass is 314 g/mol. The van der Waals surface area contributed by atoms with Gasteiger partial charge in [-0.15, -0.1) is 0 Å². The maximum atomic E-state index is 12.8. The van der Waals surface area contributed by atoms with Crippen LogP contribution >= 0.6 is 0 Å². The highest BCUT2D eigenvalue weighted by molar-refractivity contribution is 5.34. The van der Waals surface area contributed by atoms with Crippen LogP contribution in [0.2, 0.25) is 0 Å². The molecule has 120 valence electrons. The summed E-state index contributed by atoms with van der Waals surface area (Å²) in [4.78, 5) is 0. The third kappa shape index (κ3) is 3.02. The zero-order valence-electron chi connectivity index (χ0n) is 11.7. The molecule has 1 rings (SSSR count). The highest BCUT2D eigenvalue weighted by atomic mass is 19.4. The molecule has 0 saturated heterocycles. The van der Waals surface area contributed by atoms with E-state index in [1.54, 1.807) is 20.8 Å². The second-order valence-electron chi connectivity index (χ2n) is 5.52. The van der Waals surface area contributed by atoms with Crippen molar-refractivity contribution in [3.8, 4) is 0 Å². The zero-order chi connectivity index (χ0) is 16.7. The Bertz CT molecular complexity index is 487. The molecule has 0 radical (unpaired) electrons. The molecule has 1 nitrogen and oxygen atoms in total. The second kappa shape index (κ2) is 5.19. The molecule has 0 aromatic heterocycles. The minimum Gasteiger partial charge on any atom is -0.369 e. The van der Waals surface area contributed by atoms with Crippen molar-refractivity contribution >= 4 is 0 Å². The van der Waals surface area contributed by atoms with Crippen LogP contribution in [0, 0.1) is 0 Å². The fourth-order valence-corrected chi connectivity index (χ4v) is 1.86. The topological polar surface area (TPSA) is 20.2 Å². The molecule has 1 aromatic rings. The summed E-state index contributed by atoms with van der Waals surface area (Å²) in [5, 5.41) is 9.37. The number of rotatable bonds is 3. The van der Waals surface area contributed by atoms with E-state index < -0.39 is 28.9 Å². The van der Waals surface area contributed by atoms with Crippen LogP contribution in [0.5, 0.6) is 0 Å². The van der Waals surface area contributed by atoms with Crippen molar-refractivity contribution in [2.45, 2.75) is 50.6 Å². The minimum atomic E-state index is -5.86. The minimum absolute atomic E-state index is 0.300. The van der Waals surface area contributed by atoms with Crippen molar-refractivity contribution in [3.05, 3.63) is 35.4 Å². The summed E-state index contributed by atoms with van der Waals surface area (Å²) in [5.41, 5.74) is -6.40. The summed E-state index contributed by atoms with van der Waals surface area (Å²) < 4.78 is 77.0. The van der Waals surface area contributed by atoms with Crippen molar-refractivity contribution < 1.29 is 31.4 Å². The Kier molecular flexibility index (Phi) is 4.40. The number of benzene rings is 1. The van der Waals surface area contributed by atoms with Gasteiger partial charge >= 0.3 is 12.4 Å². The zero-order valence-corrected chi connectivity index (χ0v) is 11.7. The van der Waals surface area contributed by atoms with Gasteiger partial charge in [-0.1, -0.05) is 45.0 Å². The molecule has 0 aliphatic carbocycles. The molecule has 1 N–H and O–H groups in total. The first kappa shape index (κ1) is 17.8. The Labute approximate surface area is 118 Å². The Morgan fingerprint density at radius 3 is 1.71 bits per heavy atom. The fraction of sp³-hybridized carbons (Fsp3) is 0.571. The first-order valence-electron chi connectivity index (χ1n) is 6.24. The molecule has 0 spiro atoms. The molecule has 1 aromatic carbocycles. The van der Waals surface area contributed by atoms with Gasteiger partial charge in [-0.25, -0.2) is 0 Å². The number of hydrogen-bond acceptors (Lipinski definition) is 1. The lowest BCUT2D eigenvalue weighted by atomic mass is 9.79. The molecule has 0 aliphatic rings. The smallest absolute Gasteiger partial charge is 0.369 e. The molecule has 0 amide bonds. The second-order valence-corrected chi connectivity index (χ2v) is 5.52. The van der Waals surface area contributed by atoms with Crippen LogP contribution in [0.1, 0.15) is 38.3 Å². The molecule has 0 bridgehead atoms. The van der Waals surface area contributed by atoms with Crippen LogP contribution in [0.3, 0.4) is 0 Å². The van der Waals surface area contributed by atoms with Crippen molar-refractivity contribution in [2.24, 2.45) is 0 Å². The van der Waals surface area contributed by atoms with E-state index in [1.165, 1.54) is 6.07 Å². The largest absolute Gasteiger partial charge is 0.430 e. The number of halogens is 6. The quantitative estimate of drug-likeness (QED) is 0.803. The summed E-state index contributed by atoms with van der Waals surface area (Å²) >= 11 is 0. The van der Waals surface area contributed by atoms with E-state index in [9.17, 15) is 31.4 Å². The van der Waals surface area contributed by atoms with Crippen LogP contribution in [-0.4, -0.2) is 17.5 Å². The van der Waals surface area contributed by atoms with Crippen LogP contribution in [0.4, 0.5) is 26.3 Å². The average molecular weight is 314 g/mol. The first-order valence-corrected chi connectivity index (χ1v) is 6.24. The van der Waals surface area contributed by atoms with Crippen LogP contribution in [0.25, 0.3) is 0 Å². The van der Waals surface area contributed by atoms with Gasteiger partial charge in [0.15, 0.2) is 0 Å². The Balaban J connectivity index is 3.53. The third-order valence-electron chi connectivity index (χ3n) is 3.77. The molecule has 0 heterocycles. The molecular weight excluding hydrogens is 298 g/mol. The number of hydrogen-bond donors (Lipinski definition) is 1. The first-order chi connectivity index (χ1) is 9.27. The lowest BCUT2D eigenvalue weighted by Gasteiger charge is -2.34. The third-order valence-corrected chi connectivity index (χ3v) is 3.77. The Hall–Kier alpha value is -1.24. The Morgan fingerprint density at radius 2 is 1.33 bits per heavy atom. The van der Waals surface area contributed by atoms with E-state index in [1.807, 2.05) is 0 Å². The summed E-state index contributed by atoms with van der Waals surface area (Å²) in [6.45, 7) is 5.17. The van der Waals surface area contributed by atoms with Crippen LogP contribution in [0.15, 0.2) is 24.3 Å². The van der Waals surface area contributed by atoms with E-state index in [4.69, 9.17) is 0 Å². The fourth-order valence-electron chi connectivity index (χ4n) is 1.86. The normalized spacial score (nSPS) is 14.4. The van der Waals surface area contributed by atoms with Crippen molar-refractivity contribution in [1.29, 1.82) is 0 Å². The van der Waals surface area contributed by atoms with E-state index in [0.717, 1.165) is 12.1 Å². The molecule has 7 heteroatoms. The molecule has 0 fully saturated rings.